The van der Waals surface area contributed by atoms with Crippen LogP contribution in [0.5, 0.6) is 0 Å². The van der Waals surface area contributed by atoms with Gasteiger partial charge in [-0.1, -0.05) is 25.7 Å². The van der Waals surface area contributed by atoms with Crippen molar-refractivity contribution < 1.29 is 53.1 Å². The summed E-state index contributed by atoms with van der Waals surface area (Å²) in [6.45, 7) is 3.15. The van der Waals surface area contributed by atoms with Gasteiger partial charge in [-0.3, -0.25) is 14.4 Å². The second-order valence-electron chi connectivity index (χ2n) is 8.77. The molecule has 4 N–H and O–H groups in total. The van der Waals surface area contributed by atoms with Crippen LogP contribution in [0.4, 0.5) is 0 Å². The average Bonchev–Trinajstić information content (AvgIpc) is 2.89. The molecule has 0 bridgehead atoms. The number of aldehydes is 1. The zero-order valence-corrected chi connectivity index (χ0v) is 22.9. The van der Waals surface area contributed by atoms with Crippen molar-refractivity contribution in [2.24, 2.45) is 0 Å². The Kier molecular flexibility index (Phi) is 25.2. The number of unbranched alkanes of at least 4 members (excludes halogenated alkanes) is 5. The van der Waals surface area contributed by atoms with E-state index in [1.807, 2.05) is 0 Å². The zero-order chi connectivity index (χ0) is 29.0. The summed E-state index contributed by atoms with van der Waals surface area (Å²) in [5.41, 5.74) is 0. The predicted molar refractivity (Wildman–Crippen MR) is 140 cm³/mol. The Morgan fingerprint density at radius 2 is 1.15 bits per heavy atom. The highest BCUT2D eigenvalue weighted by atomic mass is 16.6. The normalized spacial score (nSPS) is 11.6. The van der Waals surface area contributed by atoms with Gasteiger partial charge in [0.15, 0.2) is 0 Å². The number of carbonyl (C=O) groups excluding carboxylic acids is 3. The summed E-state index contributed by atoms with van der Waals surface area (Å²) in [4.78, 5) is 55.3. The molecule has 0 aliphatic rings. The molecule has 0 radical (unpaired) electrons. The minimum Gasteiger partial charge on any atom is -0.481 e. The van der Waals surface area contributed by atoms with Crippen molar-refractivity contribution in [1.82, 2.24) is 10.6 Å². The number of ether oxygens (including phenoxy) is 4. The SMILES string of the molecule is O=CCC[C@H](NC(=O)CCOCCOCCOCCOCCNC(=O)CCCCCCCCC(=O)O)C(=O)O. The van der Waals surface area contributed by atoms with Gasteiger partial charge in [0.1, 0.15) is 12.3 Å². The summed E-state index contributed by atoms with van der Waals surface area (Å²) in [6, 6.07) is -1.08. The Morgan fingerprint density at radius 1 is 0.641 bits per heavy atom. The molecule has 39 heavy (non-hydrogen) atoms. The minimum atomic E-state index is -1.18. The van der Waals surface area contributed by atoms with E-state index >= 15 is 0 Å². The Hall–Kier alpha value is -2.61. The third kappa shape index (κ3) is 26.8. The summed E-state index contributed by atoms with van der Waals surface area (Å²) in [6.07, 6.45) is 6.85. The van der Waals surface area contributed by atoms with E-state index < -0.39 is 23.9 Å². The first-order valence-electron chi connectivity index (χ1n) is 13.6. The molecule has 0 saturated carbocycles. The van der Waals surface area contributed by atoms with Crippen LogP contribution in [0, 0.1) is 0 Å². The molecule has 0 fully saturated rings. The van der Waals surface area contributed by atoms with Crippen LogP contribution in [0.25, 0.3) is 0 Å². The zero-order valence-electron chi connectivity index (χ0n) is 22.9. The molecule has 13 heteroatoms. The van der Waals surface area contributed by atoms with Crippen molar-refractivity contribution in [1.29, 1.82) is 0 Å². The lowest BCUT2D eigenvalue weighted by Gasteiger charge is -2.13. The number of carboxylic acid groups (broad SMARTS) is 2. The molecular weight excluding hydrogens is 516 g/mol. The number of amides is 2. The molecule has 0 heterocycles. The van der Waals surface area contributed by atoms with Crippen molar-refractivity contribution >= 4 is 30.0 Å². The molecule has 0 aromatic rings. The second kappa shape index (κ2) is 27.0. The van der Waals surface area contributed by atoms with E-state index in [1.54, 1.807) is 0 Å². The van der Waals surface area contributed by atoms with E-state index in [2.05, 4.69) is 10.6 Å². The number of carboxylic acids is 2. The number of carbonyl (C=O) groups is 5. The molecule has 226 valence electrons. The standard InChI is InChI=1S/C26H46N2O11/c29-13-7-8-22(26(34)35)28-24(31)11-14-36-16-18-38-20-21-39-19-17-37-15-12-27-23(30)9-5-3-1-2-4-6-10-25(32)33/h13,22H,1-12,14-21H2,(H,27,30)(H,28,31)(H,32,33)(H,34,35)/t22-/m0/s1. The Balaban J connectivity index is 3.36. The molecule has 2 amide bonds. The first-order chi connectivity index (χ1) is 18.9. The fourth-order valence-corrected chi connectivity index (χ4v) is 3.31. The maximum Gasteiger partial charge on any atom is 0.326 e. The maximum atomic E-state index is 11.8. The van der Waals surface area contributed by atoms with E-state index in [1.165, 1.54) is 0 Å². The highest BCUT2D eigenvalue weighted by molar-refractivity contribution is 5.83. The van der Waals surface area contributed by atoms with E-state index in [0.717, 1.165) is 32.1 Å². The van der Waals surface area contributed by atoms with Gasteiger partial charge in [0, 0.05) is 32.2 Å². The minimum absolute atomic E-state index is 0.00281. The van der Waals surface area contributed by atoms with Crippen molar-refractivity contribution in [3.8, 4) is 0 Å². The van der Waals surface area contributed by atoms with Gasteiger partial charge in [-0.15, -0.1) is 0 Å². The first-order valence-corrected chi connectivity index (χ1v) is 13.6. The van der Waals surface area contributed by atoms with Gasteiger partial charge in [-0.25, -0.2) is 4.79 Å². The third-order valence-corrected chi connectivity index (χ3v) is 5.41. The summed E-state index contributed by atoms with van der Waals surface area (Å²) in [7, 11) is 0. The molecule has 0 aromatic heterocycles. The van der Waals surface area contributed by atoms with Crippen LogP contribution in [0.15, 0.2) is 0 Å². The van der Waals surface area contributed by atoms with Crippen LogP contribution in [0.3, 0.4) is 0 Å². The molecule has 0 rings (SSSR count). The number of hydrogen-bond acceptors (Lipinski definition) is 9. The maximum absolute atomic E-state index is 11.8. The van der Waals surface area contributed by atoms with Gasteiger partial charge in [0.05, 0.1) is 52.9 Å². The topological polar surface area (TPSA) is 187 Å². The predicted octanol–water partition coefficient (Wildman–Crippen LogP) is 1.31. The molecule has 0 aliphatic carbocycles. The van der Waals surface area contributed by atoms with Crippen LogP contribution in [0.2, 0.25) is 0 Å². The van der Waals surface area contributed by atoms with E-state index in [9.17, 15) is 24.0 Å². The van der Waals surface area contributed by atoms with Gasteiger partial charge in [0.25, 0.3) is 0 Å². The van der Waals surface area contributed by atoms with Gasteiger partial charge in [-0.2, -0.15) is 0 Å². The summed E-state index contributed by atoms with van der Waals surface area (Å²) >= 11 is 0. The summed E-state index contributed by atoms with van der Waals surface area (Å²) in [5, 5.41) is 22.7. The average molecular weight is 563 g/mol. The van der Waals surface area contributed by atoms with E-state index in [4.69, 9.17) is 29.2 Å². The van der Waals surface area contributed by atoms with Crippen molar-refractivity contribution in [3.63, 3.8) is 0 Å². The fraction of sp³-hybridized carbons (Fsp3) is 0.808. The largest absolute Gasteiger partial charge is 0.481 e. The molecule has 0 saturated heterocycles. The molecule has 1 atom stereocenters. The summed E-state index contributed by atoms with van der Waals surface area (Å²) < 4.78 is 21.4. The van der Waals surface area contributed by atoms with E-state index in [0.29, 0.717) is 65.3 Å². The van der Waals surface area contributed by atoms with Crippen molar-refractivity contribution in [3.05, 3.63) is 0 Å². The summed E-state index contributed by atoms with van der Waals surface area (Å²) in [5.74, 6) is -2.39. The molecule has 0 spiro atoms. The molecule has 0 aliphatic heterocycles. The number of hydrogen-bond donors (Lipinski definition) is 4. The third-order valence-electron chi connectivity index (χ3n) is 5.41. The second-order valence-corrected chi connectivity index (χ2v) is 8.77. The van der Waals surface area contributed by atoms with Crippen LogP contribution < -0.4 is 10.6 Å². The lowest BCUT2D eigenvalue weighted by Crippen LogP contribution is -2.41. The number of aliphatic carboxylic acids is 2. The van der Waals surface area contributed by atoms with E-state index in [-0.39, 0.29) is 44.8 Å². The molecule has 0 unspecified atom stereocenters. The molecule has 0 aromatic carbocycles. The van der Waals surface area contributed by atoms with Gasteiger partial charge in [0.2, 0.25) is 11.8 Å². The van der Waals surface area contributed by atoms with Gasteiger partial charge < -0.3 is 44.6 Å². The Bertz CT molecular complexity index is 676. The fourth-order valence-electron chi connectivity index (χ4n) is 3.31. The smallest absolute Gasteiger partial charge is 0.326 e. The number of nitrogens with one attached hydrogen (secondary N) is 2. The lowest BCUT2D eigenvalue weighted by molar-refractivity contribution is -0.142. The first kappa shape index (κ1) is 36.4. The lowest BCUT2D eigenvalue weighted by atomic mass is 10.1. The van der Waals surface area contributed by atoms with Gasteiger partial charge in [-0.05, 0) is 19.3 Å². The quantitative estimate of drug-likeness (QED) is 0.0760. The van der Waals surface area contributed by atoms with Gasteiger partial charge >= 0.3 is 11.9 Å². The molecular formula is C26H46N2O11. The van der Waals surface area contributed by atoms with Crippen molar-refractivity contribution in [2.45, 2.75) is 76.7 Å². The monoisotopic (exact) mass is 562 g/mol. The van der Waals surface area contributed by atoms with Crippen molar-refractivity contribution in [2.75, 3.05) is 59.4 Å². The highest BCUT2D eigenvalue weighted by Gasteiger charge is 2.19. The van der Waals surface area contributed by atoms with Crippen LogP contribution >= 0.6 is 0 Å². The molecule has 13 nitrogen and oxygen atoms in total. The highest BCUT2D eigenvalue weighted by Crippen LogP contribution is 2.08. The van der Waals surface area contributed by atoms with Crippen LogP contribution in [-0.4, -0.2) is 106 Å². The van der Waals surface area contributed by atoms with Crippen LogP contribution in [0.1, 0.15) is 70.6 Å². The number of rotatable bonds is 29. The Morgan fingerprint density at radius 3 is 1.69 bits per heavy atom. The van der Waals surface area contributed by atoms with Crippen LogP contribution in [-0.2, 0) is 42.9 Å². The Labute approximate surface area is 230 Å².